The van der Waals surface area contributed by atoms with Crippen molar-refractivity contribution in [1.82, 2.24) is 0 Å². The number of carboxylic acids is 1. The van der Waals surface area contributed by atoms with Crippen LogP contribution in [0.3, 0.4) is 0 Å². The van der Waals surface area contributed by atoms with E-state index in [4.69, 9.17) is 5.11 Å². The molecule has 0 saturated heterocycles. The number of hydrogen-bond donors (Lipinski definition) is 2. The second-order valence-electron chi connectivity index (χ2n) is 4.98. The van der Waals surface area contributed by atoms with E-state index in [-0.39, 0.29) is 12.2 Å². The summed E-state index contributed by atoms with van der Waals surface area (Å²) in [5.41, 5.74) is 1.75. The maximum atomic E-state index is 10.9. The van der Waals surface area contributed by atoms with Crippen LogP contribution in [0, 0.1) is 13.8 Å². The number of aromatic hydroxyl groups is 1. The van der Waals surface area contributed by atoms with E-state index in [0.29, 0.717) is 5.56 Å². The van der Waals surface area contributed by atoms with Gasteiger partial charge in [0.15, 0.2) is 0 Å². The molecule has 0 bridgehead atoms. The van der Waals surface area contributed by atoms with Crippen LogP contribution in [0.2, 0.25) is 0 Å². The highest BCUT2D eigenvalue weighted by molar-refractivity contribution is 9.10. The molecule has 4 heteroatoms. The van der Waals surface area contributed by atoms with Crippen LogP contribution in [-0.2, 0) is 10.2 Å². The van der Waals surface area contributed by atoms with Crippen LogP contribution in [0.15, 0.2) is 10.5 Å². The van der Waals surface area contributed by atoms with E-state index in [9.17, 15) is 9.90 Å². The highest BCUT2D eigenvalue weighted by atomic mass is 79.9. The number of carboxylic acid groups (broad SMARTS) is 1. The van der Waals surface area contributed by atoms with E-state index in [0.717, 1.165) is 15.6 Å². The number of phenols is 1. The number of halogens is 1. The first-order valence-electron chi connectivity index (χ1n) is 5.37. The van der Waals surface area contributed by atoms with E-state index < -0.39 is 11.4 Å². The third kappa shape index (κ3) is 2.80. The zero-order chi connectivity index (χ0) is 13.4. The van der Waals surface area contributed by atoms with Gasteiger partial charge in [0.25, 0.3) is 0 Å². The van der Waals surface area contributed by atoms with Gasteiger partial charge in [-0.3, -0.25) is 4.79 Å². The number of rotatable bonds is 3. The topological polar surface area (TPSA) is 57.5 Å². The first kappa shape index (κ1) is 14.0. The highest BCUT2D eigenvalue weighted by Crippen LogP contribution is 2.40. The first-order valence-corrected chi connectivity index (χ1v) is 6.17. The molecule has 0 spiro atoms. The molecule has 1 aromatic rings. The molecule has 3 nitrogen and oxygen atoms in total. The minimum absolute atomic E-state index is 0.0114. The monoisotopic (exact) mass is 300 g/mol. The number of phenolic OH excluding ortho intramolecular Hbond substituents is 1. The highest BCUT2D eigenvalue weighted by Gasteiger charge is 2.29. The molecular weight excluding hydrogens is 284 g/mol. The van der Waals surface area contributed by atoms with Gasteiger partial charge >= 0.3 is 5.97 Å². The summed E-state index contributed by atoms with van der Waals surface area (Å²) >= 11 is 3.37. The summed E-state index contributed by atoms with van der Waals surface area (Å²) in [6.07, 6.45) is -0.0114. The molecule has 0 atom stereocenters. The predicted molar refractivity (Wildman–Crippen MR) is 70.6 cm³/mol. The molecule has 0 saturated carbocycles. The molecule has 0 aliphatic rings. The molecule has 0 amide bonds. The lowest BCUT2D eigenvalue weighted by Gasteiger charge is -2.27. The Labute approximate surface area is 110 Å². The second kappa shape index (κ2) is 4.69. The SMILES string of the molecule is Cc1cc(Br)c(C)c(O)c1C(C)(C)CC(=O)O. The Hall–Kier alpha value is -1.03. The van der Waals surface area contributed by atoms with E-state index in [1.807, 2.05) is 26.8 Å². The number of carbonyl (C=O) groups is 1. The molecule has 0 aliphatic carbocycles. The quantitative estimate of drug-likeness (QED) is 0.898. The summed E-state index contributed by atoms with van der Waals surface area (Å²) in [4.78, 5) is 10.9. The largest absolute Gasteiger partial charge is 0.507 e. The molecule has 0 fully saturated rings. The first-order chi connectivity index (χ1) is 7.66. The third-order valence-electron chi connectivity index (χ3n) is 2.96. The maximum Gasteiger partial charge on any atom is 0.304 e. The van der Waals surface area contributed by atoms with Crippen molar-refractivity contribution in [3.63, 3.8) is 0 Å². The summed E-state index contributed by atoms with van der Waals surface area (Å²) in [6, 6.07) is 1.91. The zero-order valence-electron chi connectivity index (χ0n) is 10.5. The van der Waals surface area contributed by atoms with E-state index in [1.54, 1.807) is 6.92 Å². The molecule has 2 N–H and O–H groups in total. The number of aliphatic carboxylic acids is 1. The van der Waals surface area contributed by atoms with Gasteiger partial charge in [-0.25, -0.2) is 0 Å². The second-order valence-corrected chi connectivity index (χ2v) is 5.83. The molecule has 1 rings (SSSR count). The molecule has 1 aromatic carbocycles. The fraction of sp³-hybridized carbons (Fsp3) is 0.462. The lowest BCUT2D eigenvalue weighted by atomic mass is 9.78. The molecule has 0 heterocycles. The van der Waals surface area contributed by atoms with E-state index in [1.165, 1.54) is 0 Å². The van der Waals surface area contributed by atoms with Crippen molar-refractivity contribution >= 4 is 21.9 Å². The Bertz CT molecular complexity index is 464. The normalized spacial score (nSPS) is 11.6. The number of aryl methyl sites for hydroxylation is 1. The summed E-state index contributed by atoms with van der Waals surface area (Å²) in [5, 5.41) is 19.1. The van der Waals surface area contributed by atoms with Gasteiger partial charge in [0, 0.05) is 21.0 Å². The number of hydrogen-bond acceptors (Lipinski definition) is 2. The van der Waals surface area contributed by atoms with Crippen LogP contribution in [0.5, 0.6) is 5.75 Å². The molecule has 94 valence electrons. The van der Waals surface area contributed by atoms with Gasteiger partial charge in [0.1, 0.15) is 5.75 Å². The van der Waals surface area contributed by atoms with Gasteiger partial charge in [-0.2, -0.15) is 0 Å². The minimum Gasteiger partial charge on any atom is -0.507 e. The molecule has 0 aliphatic heterocycles. The average molecular weight is 301 g/mol. The molecule has 0 radical (unpaired) electrons. The Balaban J connectivity index is 3.40. The van der Waals surface area contributed by atoms with Gasteiger partial charge in [-0.05, 0) is 25.5 Å². The van der Waals surface area contributed by atoms with Crippen molar-refractivity contribution in [2.75, 3.05) is 0 Å². The van der Waals surface area contributed by atoms with Gasteiger partial charge in [0.2, 0.25) is 0 Å². The summed E-state index contributed by atoms with van der Waals surface area (Å²) in [7, 11) is 0. The zero-order valence-corrected chi connectivity index (χ0v) is 12.1. The van der Waals surface area contributed by atoms with Crippen LogP contribution in [-0.4, -0.2) is 16.2 Å². The van der Waals surface area contributed by atoms with Gasteiger partial charge in [-0.15, -0.1) is 0 Å². The predicted octanol–water partition coefficient (Wildman–Crippen LogP) is 3.52. The van der Waals surface area contributed by atoms with E-state index in [2.05, 4.69) is 15.9 Å². The van der Waals surface area contributed by atoms with Crippen LogP contribution in [0.4, 0.5) is 0 Å². The summed E-state index contributed by atoms with van der Waals surface area (Å²) in [6.45, 7) is 7.34. The Morgan fingerprint density at radius 2 is 1.94 bits per heavy atom. The van der Waals surface area contributed by atoms with Gasteiger partial charge in [0.05, 0.1) is 6.42 Å². The fourth-order valence-electron chi connectivity index (χ4n) is 2.18. The average Bonchev–Trinajstić information content (AvgIpc) is 2.11. The fourth-order valence-corrected chi connectivity index (χ4v) is 2.71. The minimum atomic E-state index is -0.866. The van der Waals surface area contributed by atoms with Crippen LogP contribution >= 0.6 is 15.9 Å². The van der Waals surface area contributed by atoms with Crippen molar-refractivity contribution < 1.29 is 15.0 Å². The van der Waals surface area contributed by atoms with Gasteiger partial charge in [-0.1, -0.05) is 29.8 Å². The Kier molecular flexibility index (Phi) is 3.87. The third-order valence-corrected chi connectivity index (χ3v) is 3.78. The van der Waals surface area contributed by atoms with Crippen molar-refractivity contribution in [1.29, 1.82) is 0 Å². The van der Waals surface area contributed by atoms with E-state index >= 15 is 0 Å². The smallest absolute Gasteiger partial charge is 0.304 e. The summed E-state index contributed by atoms with van der Waals surface area (Å²) < 4.78 is 0.836. The molecule has 17 heavy (non-hydrogen) atoms. The Morgan fingerprint density at radius 1 is 1.41 bits per heavy atom. The summed E-state index contributed by atoms with van der Waals surface area (Å²) in [5.74, 6) is -0.683. The Morgan fingerprint density at radius 3 is 2.41 bits per heavy atom. The van der Waals surface area contributed by atoms with Crippen molar-refractivity contribution in [2.24, 2.45) is 0 Å². The van der Waals surface area contributed by atoms with Crippen LogP contribution in [0.25, 0.3) is 0 Å². The van der Waals surface area contributed by atoms with Crippen molar-refractivity contribution in [2.45, 2.75) is 39.5 Å². The number of benzene rings is 1. The molecule has 0 unspecified atom stereocenters. The van der Waals surface area contributed by atoms with Gasteiger partial charge < -0.3 is 10.2 Å². The van der Waals surface area contributed by atoms with Crippen molar-refractivity contribution in [3.8, 4) is 5.75 Å². The van der Waals surface area contributed by atoms with Crippen LogP contribution in [0.1, 0.15) is 37.0 Å². The standard InChI is InChI=1S/C13H17BrO3/c1-7-5-9(14)8(2)12(17)11(7)13(3,4)6-10(15)16/h5,17H,6H2,1-4H3,(H,15,16). The maximum absolute atomic E-state index is 10.9. The molecule has 0 aromatic heterocycles. The van der Waals surface area contributed by atoms with Crippen molar-refractivity contribution in [3.05, 3.63) is 27.2 Å². The lowest BCUT2D eigenvalue weighted by Crippen LogP contribution is -2.23. The lowest BCUT2D eigenvalue weighted by molar-refractivity contribution is -0.138. The van der Waals surface area contributed by atoms with Crippen LogP contribution < -0.4 is 0 Å². The molecular formula is C13H17BrO3.